The molecule has 1 amide bonds. The molecular formula is C19H19FN2O3. The standard InChI is InChI=1S/C19H19FN2O3/c20-15-5-1-3-13(7-15)10-22-11-16(8-18(22)23)21-9-14-4-2-6-17-19(14)25-12-24-17/h1-7,16,21H,8-12H2. The quantitative estimate of drug-likeness (QED) is 0.907. The van der Waals surface area contributed by atoms with E-state index in [2.05, 4.69) is 5.32 Å². The summed E-state index contributed by atoms with van der Waals surface area (Å²) in [6, 6.07) is 12.2. The molecule has 0 aromatic heterocycles. The molecule has 1 unspecified atom stereocenters. The predicted octanol–water partition coefficient (Wildman–Crippen LogP) is 2.45. The van der Waals surface area contributed by atoms with Gasteiger partial charge < -0.3 is 19.7 Å². The first-order chi connectivity index (χ1) is 12.2. The number of nitrogens with zero attached hydrogens (tertiary/aromatic N) is 1. The van der Waals surface area contributed by atoms with Gasteiger partial charge in [-0.15, -0.1) is 0 Å². The molecule has 2 heterocycles. The Morgan fingerprint density at radius 3 is 2.96 bits per heavy atom. The zero-order valence-corrected chi connectivity index (χ0v) is 13.7. The van der Waals surface area contributed by atoms with E-state index in [4.69, 9.17) is 9.47 Å². The lowest BCUT2D eigenvalue weighted by atomic mass is 10.1. The molecule has 2 aliphatic rings. The van der Waals surface area contributed by atoms with Crippen molar-refractivity contribution in [2.24, 2.45) is 0 Å². The number of halogens is 1. The van der Waals surface area contributed by atoms with Gasteiger partial charge in [0.15, 0.2) is 11.5 Å². The fourth-order valence-electron chi connectivity index (χ4n) is 3.30. The fraction of sp³-hybridized carbons (Fsp3) is 0.316. The van der Waals surface area contributed by atoms with Crippen LogP contribution in [-0.2, 0) is 17.9 Å². The van der Waals surface area contributed by atoms with Gasteiger partial charge in [-0.25, -0.2) is 4.39 Å². The summed E-state index contributed by atoms with van der Waals surface area (Å²) >= 11 is 0. The summed E-state index contributed by atoms with van der Waals surface area (Å²) in [7, 11) is 0. The Morgan fingerprint density at radius 2 is 2.08 bits per heavy atom. The Morgan fingerprint density at radius 1 is 1.20 bits per heavy atom. The van der Waals surface area contributed by atoms with Gasteiger partial charge in [-0.3, -0.25) is 4.79 Å². The van der Waals surface area contributed by atoms with Crippen LogP contribution in [0, 0.1) is 5.82 Å². The van der Waals surface area contributed by atoms with Crippen molar-refractivity contribution in [1.29, 1.82) is 0 Å². The van der Waals surface area contributed by atoms with Gasteiger partial charge >= 0.3 is 0 Å². The first-order valence-corrected chi connectivity index (χ1v) is 8.32. The molecule has 6 heteroatoms. The Kier molecular flexibility index (Phi) is 4.28. The van der Waals surface area contributed by atoms with E-state index in [1.807, 2.05) is 24.3 Å². The SMILES string of the molecule is O=C1CC(NCc2cccc3c2OCO3)CN1Cc1cccc(F)c1. The largest absolute Gasteiger partial charge is 0.454 e. The number of benzene rings is 2. The number of para-hydroxylation sites is 1. The Bertz CT molecular complexity index is 796. The second-order valence-corrected chi connectivity index (χ2v) is 6.34. The zero-order valence-electron chi connectivity index (χ0n) is 13.7. The Hall–Kier alpha value is -2.60. The number of amides is 1. The van der Waals surface area contributed by atoms with Crippen molar-refractivity contribution < 1.29 is 18.7 Å². The molecule has 5 nitrogen and oxygen atoms in total. The van der Waals surface area contributed by atoms with Crippen LogP contribution >= 0.6 is 0 Å². The van der Waals surface area contributed by atoms with Crippen LogP contribution in [-0.4, -0.2) is 30.2 Å². The molecule has 2 aromatic rings. The molecule has 0 saturated carbocycles. The minimum Gasteiger partial charge on any atom is -0.454 e. The van der Waals surface area contributed by atoms with E-state index in [1.165, 1.54) is 12.1 Å². The number of likely N-dealkylation sites (tertiary alicyclic amines) is 1. The molecule has 0 spiro atoms. The predicted molar refractivity (Wildman–Crippen MR) is 89.6 cm³/mol. The fourth-order valence-corrected chi connectivity index (χ4v) is 3.30. The van der Waals surface area contributed by atoms with E-state index < -0.39 is 0 Å². The molecule has 1 N–H and O–H groups in total. The third kappa shape index (κ3) is 3.44. The summed E-state index contributed by atoms with van der Waals surface area (Å²) in [5.41, 5.74) is 1.83. The van der Waals surface area contributed by atoms with Crippen molar-refractivity contribution in [3.8, 4) is 11.5 Å². The molecule has 4 rings (SSSR count). The zero-order chi connectivity index (χ0) is 17.2. The first-order valence-electron chi connectivity index (χ1n) is 8.32. The topological polar surface area (TPSA) is 50.8 Å². The maximum Gasteiger partial charge on any atom is 0.231 e. The van der Waals surface area contributed by atoms with Crippen molar-refractivity contribution >= 4 is 5.91 Å². The summed E-state index contributed by atoms with van der Waals surface area (Å²) < 4.78 is 24.2. The number of nitrogens with one attached hydrogen (secondary N) is 1. The Labute approximate surface area is 145 Å². The summed E-state index contributed by atoms with van der Waals surface area (Å²) in [5, 5.41) is 3.41. The van der Waals surface area contributed by atoms with Crippen LogP contribution in [0.4, 0.5) is 4.39 Å². The lowest BCUT2D eigenvalue weighted by molar-refractivity contribution is -0.128. The van der Waals surface area contributed by atoms with E-state index in [0.717, 1.165) is 22.6 Å². The number of hydrogen-bond acceptors (Lipinski definition) is 4. The summed E-state index contributed by atoms with van der Waals surface area (Å²) in [5.74, 6) is 1.34. The maximum atomic E-state index is 13.3. The average molecular weight is 342 g/mol. The van der Waals surface area contributed by atoms with Crippen molar-refractivity contribution in [2.75, 3.05) is 13.3 Å². The molecule has 0 bridgehead atoms. The van der Waals surface area contributed by atoms with Gasteiger partial charge in [0.1, 0.15) is 5.82 Å². The molecule has 2 aromatic carbocycles. The number of ether oxygens (including phenoxy) is 2. The van der Waals surface area contributed by atoms with E-state index in [9.17, 15) is 9.18 Å². The molecule has 0 aliphatic carbocycles. The van der Waals surface area contributed by atoms with Gasteiger partial charge in [0, 0.05) is 37.7 Å². The van der Waals surface area contributed by atoms with E-state index >= 15 is 0 Å². The second kappa shape index (κ2) is 6.72. The highest BCUT2D eigenvalue weighted by atomic mass is 19.1. The van der Waals surface area contributed by atoms with Crippen molar-refractivity contribution in [2.45, 2.75) is 25.6 Å². The van der Waals surface area contributed by atoms with Crippen LogP contribution in [0.15, 0.2) is 42.5 Å². The van der Waals surface area contributed by atoms with Gasteiger partial charge in [-0.1, -0.05) is 24.3 Å². The molecule has 0 radical (unpaired) electrons. The number of rotatable bonds is 5. The van der Waals surface area contributed by atoms with E-state index in [1.54, 1.807) is 11.0 Å². The number of hydrogen-bond donors (Lipinski definition) is 1. The average Bonchev–Trinajstić information content (AvgIpc) is 3.20. The van der Waals surface area contributed by atoms with Crippen LogP contribution in [0.5, 0.6) is 11.5 Å². The van der Waals surface area contributed by atoms with E-state index in [0.29, 0.717) is 26.1 Å². The molecule has 1 atom stereocenters. The Balaban J connectivity index is 1.36. The van der Waals surface area contributed by atoms with Crippen LogP contribution in [0.1, 0.15) is 17.5 Å². The van der Waals surface area contributed by atoms with Gasteiger partial charge in [0.2, 0.25) is 12.7 Å². The van der Waals surface area contributed by atoms with Crippen molar-refractivity contribution in [1.82, 2.24) is 10.2 Å². The number of carbonyl (C=O) groups excluding carboxylic acids is 1. The smallest absolute Gasteiger partial charge is 0.231 e. The lowest BCUT2D eigenvalue weighted by Gasteiger charge is -2.17. The lowest BCUT2D eigenvalue weighted by Crippen LogP contribution is -2.32. The molecular weight excluding hydrogens is 323 g/mol. The van der Waals surface area contributed by atoms with Crippen LogP contribution in [0.2, 0.25) is 0 Å². The molecule has 1 fully saturated rings. The molecule has 2 aliphatic heterocycles. The van der Waals surface area contributed by atoms with Gasteiger partial charge in [0.25, 0.3) is 0 Å². The molecule has 1 saturated heterocycles. The minimum absolute atomic E-state index is 0.0687. The van der Waals surface area contributed by atoms with Crippen LogP contribution in [0.25, 0.3) is 0 Å². The highest BCUT2D eigenvalue weighted by molar-refractivity contribution is 5.79. The highest BCUT2D eigenvalue weighted by Gasteiger charge is 2.29. The summed E-state index contributed by atoms with van der Waals surface area (Å²) in [6.45, 7) is 1.90. The third-order valence-corrected chi connectivity index (χ3v) is 4.54. The summed E-state index contributed by atoms with van der Waals surface area (Å²) in [4.78, 5) is 14.0. The second-order valence-electron chi connectivity index (χ2n) is 6.34. The normalized spacial score (nSPS) is 18.8. The summed E-state index contributed by atoms with van der Waals surface area (Å²) in [6.07, 6.45) is 0.446. The van der Waals surface area contributed by atoms with E-state index in [-0.39, 0.29) is 24.6 Å². The molecule has 25 heavy (non-hydrogen) atoms. The third-order valence-electron chi connectivity index (χ3n) is 4.54. The van der Waals surface area contributed by atoms with Crippen LogP contribution < -0.4 is 14.8 Å². The van der Waals surface area contributed by atoms with Gasteiger partial charge in [0.05, 0.1) is 0 Å². The first kappa shape index (κ1) is 15.9. The monoisotopic (exact) mass is 342 g/mol. The number of carbonyl (C=O) groups is 1. The minimum atomic E-state index is -0.279. The van der Waals surface area contributed by atoms with Crippen molar-refractivity contribution in [3.05, 3.63) is 59.4 Å². The highest BCUT2D eigenvalue weighted by Crippen LogP contribution is 2.35. The van der Waals surface area contributed by atoms with Crippen molar-refractivity contribution in [3.63, 3.8) is 0 Å². The van der Waals surface area contributed by atoms with Gasteiger partial charge in [-0.2, -0.15) is 0 Å². The maximum absolute atomic E-state index is 13.3. The molecule has 130 valence electrons. The van der Waals surface area contributed by atoms with Gasteiger partial charge in [-0.05, 0) is 23.8 Å². The number of fused-ring (bicyclic) bond motifs is 1. The van der Waals surface area contributed by atoms with Crippen LogP contribution in [0.3, 0.4) is 0 Å².